The van der Waals surface area contributed by atoms with Crippen LogP contribution in [0.2, 0.25) is 0 Å². The van der Waals surface area contributed by atoms with Gasteiger partial charge in [-0.3, -0.25) is 4.90 Å². The van der Waals surface area contributed by atoms with E-state index < -0.39 is 0 Å². The lowest BCUT2D eigenvalue weighted by atomic mass is 10.1. The molecule has 2 amide bonds. The monoisotopic (exact) mass is 330 g/mol. The fourth-order valence-electron chi connectivity index (χ4n) is 4.10. The first-order valence-electron chi connectivity index (χ1n) is 9.08. The molecule has 5 nitrogen and oxygen atoms in total. The molecule has 3 atom stereocenters. The number of amides is 2. The van der Waals surface area contributed by atoms with Crippen LogP contribution in [-0.4, -0.2) is 38.9 Å². The molecular weight excluding hydrogens is 304 g/mol. The second-order valence-corrected chi connectivity index (χ2v) is 7.26. The predicted molar refractivity (Wildman–Crippen MR) is 92.4 cm³/mol. The summed E-state index contributed by atoms with van der Waals surface area (Å²) in [7, 11) is 1.80. The van der Waals surface area contributed by atoms with E-state index in [9.17, 15) is 4.79 Å². The standard InChI is InChI=1S/C19H26N2O3/c1-21(13-5-7-14(8-6-13)23-11-15-12-24-15)19(22)20-10-9-18-16-3-2-4-17(16)18/h5-8,15-18H,2-4,9-12H2,1H3,(H,20,22). The zero-order chi connectivity index (χ0) is 16.5. The van der Waals surface area contributed by atoms with Crippen molar-refractivity contribution in [2.24, 2.45) is 17.8 Å². The molecule has 130 valence electrons. The molecule has 1 heterocycles. The predicted octanol–water partition coefficient (Wildman–Crippen LogP) is 3.05. The lowest BCUT2D eigenvalue weighted by Crippen LogP contribution is -2.37. The number of rotatable bonds is 7. The molecule has 1 aliphatic heterocycles. The zero-order valence-corrected chi connectivity index (χ0v) is 14.2. The van der Waals surface area contributed by atoms with Crippen LogP contribution >= 0.6 is 0 Å². The minimum atomic E-state index is -0.0409. The summed E-state index contributed by atoms with van der Waals surface area (Å²) in [6.07, 6.45) is 5.61. The smallest absolute Gasteiger partial charge is 0.321 e. The molecule has 2 aliphatic carbocycles. The second-order valence-electron chi connectivity index (χ2n) is 7.26. The summed E-state index contributed by atoms with van der Waals surface area (Å²) in [6.45, 7) is 2.17. The van der Waals surface area contributed by atoms with Crippen LogP contribution in [0.5, 0.6) is 5.75 Å². The number of fused-ring (bicyclic) bond motifs is 1. The average molecular weight is 330 g/mol. The van der Waals surface area contributed by atoms with Crippen molar-refractivity contribution >= 4 is 11.7 Å². The Morgan fingerprint density at radius 2 is 2.00 bits per heavy atom. The summed E-state index contributed by atoms with van der Waals surface area (Å²) in [4.78, 5) is 13.9. The summed E-state index contributed by atoms with van der Waals surface area (Å²) >= 11 is 0. The highest BCUT2D eigenvalue weighted by atomic mass is 16.6. The highest BCUT2D eigenvalue weighted by molar-refractivity contribution is 5.91. The van der Waals surface area contributed by atoms with Crippen LogP contribution < -0.4 is 15.0 Å². The maximum Gasteiger partial charge on any atom is 0.321 e. The van der Waals surface area contributed by atoms with Crippen molar-refractivity contribution in [3.05, 3.63) is 24.3 Å². The van der Waals surface area contributed by atoms with Crippen LogP contribution in [0.1, 0.15) is 25.7 Å². The number of ether oxygens (including phenoxy) is 2. The first-order chi connectivity index (χ1) is 11.7. The maximum absolute atomic E-state index is 12.3. The lowest BCUT2D eigenvalue weighted by molar-refractivity contribution is 0.247. The molecule has 5 heteroatoms. The van der Waals surface area contributed by atoms with Crippen molar-refractivity contribution in [3.8, 4) is 5.75 Å². The van der Waals surface area contributed by atoms with Gasteiger partial charge >= 0.3 is 6.03 Å². The van der Waals surface area contributed by atoms with Gasteiger partial charge in [0.2, 0.25) is 0 Å². The Morgan fingerprint density at radius 3 is 2.67 bits per heavy atom. The third-order valence-corrected chi connectivity index (χ3v) is 5.70. The molecule has 1 aromatic rings. The molecule has 1 saturated heterocycles. The van der Waals surface area contributed by atoms with Gasteiger partial charge in [0.05, 0.1) is 6.61 Å². The van der Waals surface area contributed by atoms with Gasteiger partial charge in [0.15, 0.2) is 0 Å². The SMILES string of the molecule is CN(C(=O)NCCC1C2CCCC21)c1ccc(OCC2CO2)cc1. The van der Waals surface area contributed by atoms with Crippen LogP contribution in [0.4, 0.5) is 10.5 Å². The molecule has 1 aromatic carbocycles. The molecule has 3 aliphatic rings. The molecular formula is C19H26N2O3. The number of benzene rings is 1. The van der Waals surface area contributed by atoms with Gasteiger partial charge in [-0.05, 0) is 61.3 Å². The van der Waals surface area contributed by atoms with Gasteiger partial charge < -0.3 is 14.8 Å². The Bertz CT molecular complexity index is 575. The van der Waals surface area contributed by atoms with E-state index in [0.29, 0.717) is 6.61 Å². The fourth-order valence-corrected chi connectivity index (χ4v) is 4.10. The quantitative estimate of drug-likeness (QED) is 0.782. The Morgan fingerprint density at radius 1 is 1.29 bits per heavy atom. The van der Waals surface area contributed by atoms with E-state index in [4.69, 9.17) is 9.47 Å². The van der Waals surface area contributed by atoms with Crippen molar-refractivity contribution in [1.82, 2.24) is 5.32 Å². The first-order valence-corrected chi connectivity index (χ1v) is 9.08. The molecule has 1 N–H and O–H groups in total. The normalized spacial score (nSPS) is 29.7. The average Bonchev–Trinajstić information content (AvgIpc) is 3.50. The maximum atomic E-state index is 12.3. The fraction of sp³-hybridized carbons (Fsp3) is 0.632. The molecule has 0 spiro atoms. The molecule has 4 rings (SSSR count). The number of urea groups is 1. The third-order valence-electron chi connectivity index (χ3n) is 5.70. The van der Waals surface area contributed by atoms with Crippen molar-refractivity contribution in [1.29, 1.82) is 0 Å². The number of hydrogen-bond donors (Lipinski definition) is 1. The van der Waals surface area contributed by atoms with E-state index in [-0.39, 0.29) is 12.1 Å². The molecule has 0 bridgehead atoms. The molecule has 2 saturated carbocycles. The molecule has 0 radical (unpaired) electrons. The number of carbonyl (C=O) groups excluding carboxylic acids is 1. The second kappa shape index (κ2) is 6.63. The Kier molecular flexibility index (Phi) is 4.35. The van der Waals surface area contributed by atoms with E-state index in [2.05, 4.69) is 5.32 Å². The van der Waals surface area contributed by atoms with Crippen LogP contribution in [0.15, 0.2) is 24.3 Å². The summed E-state index contributed by atoms with van der Waals surface area (Å²) in [5, 5.41) is 3.04. The minimum absolute atomic E-state index is 0.0409. The largest absolute Gasteiger partial charge is 0.491 e. The molecule has 0 aromatic heterocycles. The lowest BCUT2D eigenvalue weighted by Gasteiger charge is -2.18. The molecule has 3 unspecified atom stereocenters. The Labute approximate surface area is 143 Å². The highest BCUT2D eigenvalue weighted by Crippen LogP contribution is 2.58. The Balaban J connectivity index is 1.20. The first kappa shape index (κ1) is 15.8. The number of anilines is 1. The number of nitrogens with zero attached hydrogens (tertiary/aromatic N) is 1. The van der Waals surface area contributed by atoms with Crippen LogP contribution in [0, 0.1) is 17.8 Å². The van der Waals surface area contributed by atoms with Gasteiger partial charge in [0.1, 0.15) is 18.5 Å². The van der Waals surface area contributed by atoms with Gasteiger partial charge in [-0.15, -0.1) is 0 Å². The summed E-state index contributed by atoms with van der Waals surface area (Å²) in [5.74, 6) is 3.61. The number of carbonyl (C=O) groups is 1. The minimum Gasteiger partial charge on any atom is -0.491 e. The van der Waals surface area contributed by atoms with E-state index in [1.165, 1.54) is 19.3 Å². The summed E-state index contributed by atoms with van der Waals surface area (Å²) < 4.78 is 10.7. The van der Waals surface area contributed by atoms with Crippen molar-refractivity contribution in [3.63, 3.8) is 0 Å². The molecule has 3 fully saturated rings. The van der Waals surface area contributed by atoms with Crippen molar-refractivity contribution in [2.45, 2.75) is 31.8 Å². The highest BCUT2D eigenvalue weighted by Gasteiger charge is 2.51. The van der Waals surface area contributed by atoms with Crippen LogP contribution in [0.3, 0.4) is 0 Å². The zero-order valence-electron chi connectivity index (χ0n) is 14.2. The Hall–Kier alpha value is -1.75. The number of nitrogens with one attached hydrogen (secondary N) is 1. The van der Waals surface area contributed by atoms with Crippen LogP contribution in [-0.2, 0) is 4.74 Å². The van der Waals surface area contributed by atoms with E-state index in [1.807, 2.05) is 24.3 Å². The number of hydrogen-bond acceptors (Lipinski definition) is 3. The van der Waals surface area contributed by atoms with Gasteiger partial charge in [-0.25, -0.2) is 4.79 Å². The molecule has 24 heavy (non-hydrogen) atoms. The third kappa shape index (κ3) is 3.51. The van der Waals surface area contributed by atoms with E-state index in [1.54, 1.807) is 11.9 Å². The van der Waals surface area contributed by atoms with Gasteiger partial charge in [0, 0.05) is 19.3 Å². The van der Waals surface area contributed by atoms with Gasteiger partial charge in [-0.1, -0.05) is 6.42 Å². The van der Waals surface area contributed by atoms with E-state index >= 15 is 0 Å². The van der Waals surface area contributed by atoms with Gasteiger partial charge in [0.25, 0.3) is 0 Å². The summed E-state index contributed by atoms with van der Waals surface area (Å²) in [6, 6.07) is 7.57. The summed E-state index contributed by atoms with van der Waals surface area (Å²) in [5.41, 5.74) is 0.866. The van der Waals surface area contributed by atoms with E-state index in [0.717, 1.165) is 48.8 Å². The number of epoxide rings is 1. The van der Waals surface area contributed by atoms with Crippen molar-refractivity contribution in [2.75, 3.05) is 31.7 Å². The van der Waals surface area contributed by atoms with Gasteiger partial charge in [-0.2, -0.15) is 0 Å². The van der Waals surface area contributed by atoms with Crippen molar-refractivity contribution < 1.29 is 14.3 Å². The topological polar surface area (TPSA) is 54.1 Å². The van der Waals surface area contributed by atoms with Crippen LogP contribution in [0.25, 0.3) is 0 Å².